The summed E-state index contributed by atoms with van der Waals surface area (Å²) in [4.78, 5) is 23.1. The second kappa shape index (κ2) is 6.00. The summed E-state index contributed by atoms with van der Waals surface area (Å²) in [7, 11) is 0. The van der Waals surface area contributed by atoms with E-state index in [-0.39, 0.29) is 16.8 Å². The van der Waals surface area contributed by atoms with E-state index in [0.717, 1.165) is 5.69 Å². The molecule has 0 fully saturated rings. The molecular formula is C12H20N2O2S. The number of aromatic nitrogens is 1. The van der Waals surface area contributed by atoms with E-state index in [0.29, 0.717) is 18.9 Å². The molecule has 1 aromatic heterocycles. The van der Waals surface area contributed by atoms with Crippen LogP contribution in [0.25, 0.3) is 0 Å². The van der Waals surface area contributed by atoms with Crippen LogP contribution >= 0.6 is 11.3 Å². The molecule has 0 saturated heterocycles. The van der Waals surface area contributed by atoms with E-state index >= 15 is 0 Å². The minimum atomic E-state index is 0.00343. The fraction of sp³-hybridized carbons (Fsp3) is 0.667. The van der Waals surface area contributed by atoms with E-state index in [1.807, 2.05) is 19.2 Å². The van der Waals surface area contributed by atoms with Crippen LogP contribution in [0, 0.1) is 12.8 Å². The molecular weight excluding hydrogens is 236 g/mol. The first kappa shape index (κ1) is 14.0. The average Bonchev–Trinajstić information content (AvgIpc) is 2.56. The standard InChI is InChI=1S/C12H20N2O2S/c1-8(2)10(4)13-11(15)5-6-14-9(3)7-17-12(14)16/h7-8,10H,5-6H2,1-4H3,(H,13,15)/t10-/m1/s1. The van der Waals surface area contributed by atoms with Crippen molar-refractivity contribution in [2.24, 2.45) is 5.92 Å². The molecule has 1 heterocycles. The van der Waals surface area contributed by atoms with Crippen molar-refractivity contribution in [3.05, 3.63) is 20.7 Å². The number of carbonyl (C=O) groups excluding carboxylic acids is 1. The summed E-state index contributed by atoms with van der Waals surface area (Å²) < 4.78 is 1.64. The Morgan fingerprint density at radius 1 is 1.47 bits per heavy atom. The van der Waals surface area contributed by atoms with Crippen molar-refractivity contribution in [3.63, 3.8) is 0 Å². The molecule has 17 heavy (non-hydrogen) atoms. The van der Waals surface area contributed by atoms with E-state index < -0.39 is 0 Å². The minimum absolute atomic E-state index is 0.00343. The molecule has 4 nitrogen and oxygen atoms in total. The number of hydrogen-bond donors (Lipinski definition) is 1. The fourth-order valence-electron chi connectivity index (χ4n) is 1.38. The average molecular weight is 256 g/mol. The summed E-state index contributed by atoms with van der Waals surface area (Å²) in [5.74, 6) is 0.424. The summed E-state index contributed by atoms with van der Waals surface area (Å²) in [6, 6.07) is 0.169. The molecule has 0 bridgehead atoms. The molecule has 1 aromatic rings. The Kier molecular flexibility index (Phi) is 4.93. The highest BCUT2D eigenvalue weighted by atomic mass is 32.1. The Morgan fingerprint density at radius 2 is 2.12 bits per heavy atom. The Hall–Kier alpha value is -1.10. The van der Waals surface area contributed by atoms with Crippen LogP contribution in [0.5, 0.6) is 0 Å². The van der Waals surface area contributed by atoms with Crippen LogP contribution in [-0.4, -0.2) is 16.5 Å². The summed E-state index contributed by atoms with van der Waals surface area (Å²) in [5, 5.41) is 4.75. The van der Waals surface area contributed by atoms with Crippen molar-refractivity contribution in [3.8, 4) is 0 Å². The number of rotatable bonds is 5. The van der Waals surface area contributed by atoms with Crippen molar-refractivity contribution in [1.29, 1.82) is 0 Å². The van der Waals surface area contributed by atoms with Crippen molar-refractivity contribution in [2.75, 3.05) is 0 Å². The van der Waals surface area contributed by atoms with Gasteiger partial charge in [-0.2, -0.15) is 0 Å². The summed E-state index contributed by atoms with van der Waals surface area (Å²) in [6.45, 7) is 8.47. The molecule has 0 unspecified atom stereocenters. The third kappa shape index (κ3) is 4.00. The molecule has 0 aliphatic rings. The maximum Gasteiger partial charge on any atom is 0.307 e. The number of nitrogens with zero attached hydrogens (tertiary/aromatic N) is 1. The zero-order valence-electron chi connectivity index (χ0n) is 10.8. The molecule has 0 aliphatic heterocycles. The maximum absolute atomic E-state index is 11.7. The lowest BCUT2D eigenvalue weighted by Crippen LogP contribution is -2.36. The second-order valence-corrected chi connectivity index (χ2v) is 5.47. The van der Waals surface area contributed by atoms with Crippen LogP contribution in [-0.2, 0) is 11.3 Å². The van der Waals surface area contributed by atoms with Crippen LogP contribution in [0.3, 0.4) is 0 Å². The second-order valence-electron chi connectivity index (χ2n) is 4.64. The van der Waals surface area contributed by atoms with E-state index in [9.17, 15) is 9.59 Å². The highest BCUT2D eigenvalue weighted by Gasteiger charge is 2.11. The third-order valence-electron chi connectivity index (χ3n) is 2.93. The normalized spacial score (nSPS) is 12.8. The molecule has 0 aromatic carbocycles. The summed E-state index contributed by atoms with van der Waals surface area (Å²) in [6.07, 6.45) is 0.356. The zero-order chi connectivity index (χ0) is 13.0. The van der Waals surface area contributed by atoms with Crippen LogP contribution in [0.15, 0.2) is 10.2 Å². The number of amides is 1. The predicted octanol–water partition coefficient (Wildman–Crippen LogP) is 1.77. The molecule has 0 radical (unpaired) electrons. The zero-order valence-corrected chi connectivity index (χ0v) is 11.6. The van der Waals surface area contributed by atoms with Crippen LogP contribution in [0.4, 0.5) is 0 Å². The maximum atomic E-state index is 11.7. The molecule has 1 amide bonds. The fourth-order valence-corrected chi connectivity index (χ4v) is 2.14. The number of aryl methyl sites for hydroxylation is 1. The Balaban J connectivity index is 2.47. The first-order chi connectivity index (χ1) is 7.91. The van der Waals surface area contributed by atoms with Gasteiger partial charge in [-0.3, -0.25) is 9.59 Å². The van der Waals surface area contributed by atoms with Crippen molar-refractivity contribution in [1.82, 2.24) is 9.88 Å². The Morgan fingerprint density at radius 3 is 2.59 bits per heavy atom. The lowest BCUT2D eigenvalue weighted by Gasteiger charge is -2.17. The van der Waals surface area contributed by atoms with Gasteiger partial charge in [0, 0.05) is 30.1 Å². The van der Waals surface area contributed by atoms with E-state index in [2.05, 4.69) is 19.2 Å². The van der Waals surface area contributed by atoms with Gasteiger partial charge in [-0.25, -0.2) is 0 Å². The number of hydrogen-bond acceptors (Lipinski definition) is 3. The molecule has 1 rings (SSSR count). The van der Waals surface area contributed by atoms with Gasteiger partial charge in [-0.05, 0) is 19.8 Å². The molecule has 0 spiro atoms. The van der Waals surface area contributed by atoms with E-state index in [1.54, 1.807) is 4.57 Å². The van der Waals surface area contributed by atoms with Crippen molar-refractivity contribution < 1.29 is 4.79 Å². The van der Waals surface area contributed by atoms with Gasteiger partial charge < -0.3 is 9.88 Å². The predicted molar refractivity (Wildman–Crippen MR) is 70.4 cm³/mol. The Bertz CT molecular complexity index is 434. The van der Waals surface area contributed by atoms with Gasteiger partial charge in [0.1, 0.15) is 0 Å². The lowest BCUT2D eigenvalue weighted by atomic mass is 10.1. The van der Waals surface area contributed by atoms with Gasteiger partial charge in [0.05, 0.1) is 0 Å². The molecule has 0 saturated carbocycles. The van der Waals surface area contributed by atoms with Gasteiger partial charge in [0.2, 0.25) is 5.91 Å². The van der Waals surface area contributed by atoms with Crippen molar-refractivity contribution >= 4 is 17.2 Å². The molecule has 1 N–H and O–H groups in total. The monoisotopic (exact) mass is 256 g/mol. The van der Waals surface area contributed by atoms with Gasteiger partial charge >= 0.3 is 4.87 Å². The van der Waals surface area contributed by atoms with Gasteiger partial charge in [0.25, 0.3) is 0 Å². The van der Waals surface area contributed by atoms with E-state index in [1.165, 1.54) is 11.3 Å². The molecule has 0 aliphatic carbocycles. The van der Waals surface area contributed by atoms with Crippen molar-refractivity contribution in [2.45, 2.75) is 46.7 Å². The van der Waals surface area contributed by atoms with Crippen LogP contribution in [0.1, 0.15) is 32.9 Å². The lowest BCUT2D eigenvalue weighted by molar-refractivity contribution is -0.122. The molecule has 96 valence electrons. The molecule has 1 atom stereocenters. The highest BCUT2D eigenvalue weighted by Crippen LogP contribution is 2.03. The third-order valence-corrected chi connectivity index (χ3v) is 3.81. The smallest absolute Gasteiger partial charge is 0.307 e. The topological polar surface area (TPSA) is 51.1 Å². The molecule has 5 heteroatoms. The van der Waals surface area contributed by atoms with Gasteiger partial charge in [-0.1, -0.05) is 25.2 Å². The quantitative estimate of drug-likeness (QED) is 0.873. The van der Waals surface area contributed by atoms with Gasteiger partial charge in [-0.15, -0.1) is 0 Å². The van der Waals surface area contributed by atoms with Crippen LogP contribution < -0.4 is 10.2 Å². The number of nitrogens with one attached hydrogen (secondary N) is 1. The Labute approximate surface area is 106 Å². The summed E-state index contributed by atoms with van der Waals surface area (Å²) in [5.41, 5.74) is 0.921. The highest BCUT2D eigenvalue weighted by molar-refractivity contribution is 7.07. The first-order valence-corrected chi connectivity index (χ1v) is 6.74. The summed E-state index contributed by atoms with van der Waals surface area (Å²) >= 11 is 1.18. The number of thiazole rings is 1. The first-order valence-electron chi connectivity index (χ1n) is 5.86. The SMILES string of the molecule is Cc1csc(=O)n1CCC(=O)N[C@H](C)C(C)C. The van der Waals surface area contributed by atoms with Gasteiger partial charge in [0.15, 0.2) is 0 Å². The minimum Gasteiger partial charge on any atom is -0.353 e. The van der Waals surface area contributed by atoms with Crippen LogP contribution in [0.2, 0.25) is 0 Å². The number of carbonyl (C=O) groups is 1. The largest absolute Gasteiger partial charge is 0.353 e. The van der Waals surface area contributed by atoms with E-state index in [4.69, 9.17) is 0 Å².